The van der Waals surface area contributed by atoms with Gasteiger partial charge in [-0.1, -0.05) is 6.07 Å². The van der Waals surface area contributed by atoms with Gasteiger partial charge in [-0.25, -0.2) is 0 Å². The van der Waals surface area contributed by atoms with E-state index in [4.69, 9.17) is 15.2 Å². The monoisotopic (exact) mass is 250 g/mol. The molecule has 0 saturated carbocycles. The molecular weight excluding hydrogens is 232 g/mol. The number of hydrogen-bond donors (Lipinski definition) is 2. The van der Waals surface area contributed by atoms with E-state index in [-0.39, 0.29) is 11.8 Å². The second-order valence-electron chi connectivity index (χ2n) is 4.29. The van der Waals surface area contributed by atoms with Gasteiger partial charge in [-0.3, -0.25) is 4.79 Å². The van der Waals surface area contributed by atoms with Crippen LogP contribution >= 0.6 is 0 Å². The number of rotatable bonds is 4. The zero-order chi connectivity index (χ0) is 13.0. The number of carbonyl (C=O) groups is 1. The summed E-state index contributed by atoms with van der Waals surface area (Å²) in [6.45, 7) is 1.59. The predicted octanol–water partition coefficient (Wildman–Crippen LogP) is 1.13. The molecule has 1 aliphatic rings. The number of benzene rings is 1. The van der Waals surface area contributed by atoms with E-state index in [1.807, 2.05) is 18.2 Å². The van der Waals surface area contributed by atoms with Crippen molar-refractivity contribution in [1.29, 1.82) is 0 Å². The van der Waals surface area contributed by atoms with Crippen molar-refractivity contribution in [3.63, 3.8) is 0 Å². The number of anilines is 1. The molecule has 1 heterocycles. The van der Waals surface area contributed by atoms with Gasteiger partial charge in [-0.2, -0.15) is 0 Å². The number of nitrogens with two attached hydrogens (primary N) is 1. The highest BCUT2D eigenvalue weighted by molar-refractivity contribution is 5.94. The molecular formula is C13H18N2O3. The van der Waals surface area contributed by atoms with Crippen molar-refractivity contribution in [2.75, 3.05) is 25.6 Å². The number of hydrogen-bond acceptors (Lipinski definition) is 4. The molecule has 0 spiro atoms. The van der Waals surface area contributed by atoms with E-state index in [1.54, 1.807) is 7.11 Å². The summed E-state index contributed by atoms with van der Waals surface area (Å²) in [5, 5.41) is 2.87. The molecule has 3 N–H and O–H groups in total. The first-order valence-electron chi connectivity index (χ1n) is 6.00. The van der Waals surface area contributed by atoms with E-state index in [0.717, 1.165) is 12.0 Å². The second-order valence-corrected chi connectivity index (χ2v) is 4.29. The van der Waals surface area contributed by atoms with Crippen LogP contribution in [0.15, 0.2) is 18.2 Å². The average molecular weight is 250 g/mol. The zero-order valence-corrected chi connectivity index (χ0v) is 10.4. The van der Waals surface area contributed by atoms with E-state index in [9.17, 15) is 4.79 Å². The molecule has 5 nitrogen and oxygen atoms in total. The smallest absolute Gasteiger partial charge is 0.230 e. The highest BCUT2D eigenvalue weighted by Crippen LogP contribution is 2.26. The van der Waals surface area contributed by atoms with Gasteiger partial charge in [0.1, 0.15) is 5.75 Å². The molecule has 0 bridgehead atoms. The lowest BCUT2D eigenvalue weighted by molar-refractivity contribution is -0.119. The van der Waals surface area contributed by atoms with E-state index in [1.165, 1.54) is 0 Å². The highest BCUT2D eigenvalue weighted by atomic mass is 16.5. The van der Waals surface area contributed by atoms with Crippen LogP contribution in [0.25, 0.3) is 0 Å². The van der Waals surface area contributed by atoms with Gasteiger partial charge < -0.3 is 20.5 Å². The minimum atomic E-state index is -0.0658. The van der Waals surface area contributed by atoms with Crippen molar-refractivity contribution < 1.29 is 14.3 Å². The first-order valence-corrected chi connectivity index (χ1v) is 6.00. The molecule has 1 amide bonds. The molecule has 0 aliphatic carbocycles. The van der Waals surface area contributed by atoms with Gasteiger partial charge in [-0.05, 0) is 24.1 Å². The van der Waals surface area contributed by atoms with Crippen LogP contribution in [0.1, 0.15) is 12.0 Å². The van der Waals surface area contributed by atoms with Crippen molar-refractivity contribution in [3.05, 3.63) is 23.8 Å². The van der Waals surface area contributed by atoms with E-state index in [2.05, 4.69) is 5.32 Å². The summed E-state index contributed by atoms with van der Waals surface area (Å²) in [4.78, 5) is 12.0. The highest BCUT2D eigenvalue weighted by Gasteiger charge is 2.24. The Bertz CT molecular complexity index is 428. The van der Waals surface area contributed by atoms with Gasteiger partial charge in [0.25, 0.3) is 0 Å². The fraction of sp³-hybridized carbons (Fsp3) is 0.462. The van der Waals surface area contributed by atoms with Gasteiger partial charge >= 0.3 is 0 Å². The van der Waals surface area contributed by atoms with E-state index in [0.29, 0.717) is 31.2 Å². The molecule has 1 aromatic rings. The number of methoxy groups -OCH3 is 1. The van der Waals surface area contributed by atoms with Crippen molar-refractivity contribution in [2.24, 2.45) is 11.7 Å². The van der Waals surface area contributed by atoms with Crippen LogP contribution < -0.4 is 15.8 Å². The zero-order valence-electron chi connectivity index (χ0n) is 10.4. The number of ether oxygens (including phenoxy) is 2. The lowest BCUT2D eigenvalue weighted by atomic mass is 10.1. The molecule has 2 rings (SSSR count). The van der Waals surface area contributed by atoms with Gasteiger partial charge in [0.2, 0.25) is 5.91 Å². The van der Waals surface area contributed by atoms with Crippen LogP contribution in [0, 0.1) is 5.92 Å². The second kappa shape index (κ2) is 5.84. The van der Waals surface area contributed by atoms with Crippen LogP contribution in [-0.4, -0.2) is 26.2 Å². The number of carbonyl (C=O) groups excluding carboxylic acids is 1. The summed E-state index contributed by atoms with van der Waals surface area (Å²) in [6, 6.07) is 5.53. The third-order valence-corrected chi connectivity index (χ3v) is 3.06. The molecule has 1 aromatic carbocycles. The molecule has 18 heavy (non-hydrogen) atoms. The molecule has 1 aliphatic heterocycles. The molecule has 0 radical (unpaired) electrons. The number of nitrogens with one attached hydrogen (secondary N) is 1. The Morgan fingerprint density at radius 1 is 1.61 bits per heavy atom. The Balaban J connectivity index is 2.10. The first kappa shape index (κ1) is 12.9. The Morgan fingerprint density at radius 3 is 3.06 bits per heavy atom. The standard InChI is InChI=1S/C13H18N2O3/c1-17-12-6-9(7-14)2-3-11(12)15-13(16)10-4-5-18-8-10/h2-3,6,10H,4-5,7-8,14H2,1H3,(H,15,16). The lowest BCUT2D eigenvalue weighted by Crippen LogP contribution is -2.23. The molecule has 0 aromatic heterocycles. The maximum atomic E-state index is 12.0. The summed E-state index contributed by atoms with van der Waals surface area (Å²) in [7, 11) is 1.57. The van der Waals surface area contributed by atoms with Gasteiger partial charge in [0, 0.05) is 13.2 Å². The molecule has 1 saturated heterocycles. The van der Waals surface area contributed by atoms with Crippen LogP contribution in [0.3, 0.4) is 0 Å². The maximum Gasteiger partial charge on any atom is 0.230 e. The molecule has 1 unspecified atom stereocenters. The molecule has 5 heteroatoms. The van der Waals surface area contributed by atoms with Crippen LogP contribution in [0.5, 0.6) is 5.75 Å². The SMILES string of the molecule is COc1cc(CN)ccc1NC(=O)C1CCOC1. The summed E-state index contributed by atoms with van der Waals surface area (Å²) in [5.41, 5.74) is 7.20. The normalized spacial score (nSPS) is 18.7. The van der Waals surface area contributed by atoms with Gasteiger partial charge in [-0.15, -0.1) is 0 Å². The quantitative estimate of drug-likeness (QED) is 0.840. The largest absolute Gasteiger partial charge is 0.495 e. The Morgan fingerprint density at radius 2 is 2.44 bits per heavy atom. The summed E-state index contributed by atoms with van der Waals surface area (Å²) >= 11 is 0. The number of amides is 1. The van der Waals surface area contributed by atoms with Gasteiger partial charge in [0.05, 0.1) is 25.3 Å². The van der Waals surface area contributed by atoms with Crippen molar-refractivity contribution >= 4 is 11.6 Å². The minimum absolute atomic E-state index is 0.0219. The topological polar surface area (TPSA) is 73.6 Å². The molecule has 1 atom stereocenters. The maximum absolute atomic E-state index is 12.0. The Labute approximate surface area is 106 Å². The Kier molecular flexibility index (Phi) is 4.17. The summed E-state index contributed by atoms with van der Waals surface area (Å²) in [5.74, 6) is 0.542. The summed E-state index contributed by atoms with van der Waals surface area (Å²) in [6.07, 6.45) is 0.773. The van der Waals surface area contributed by atoms with Crippen molar-refractivity contribution in [2.45, 2.75) is 13.0 Å². The van der Waals surface area contributed by atoms with E-state index < -0.39 is 0 Å². The molecule has 1 fully saturated rings. The predicted molar refractivity (Wildman–Crippen MR) is 68.4 cm³/mol. The van der Waals surface area contributed by atoms with Crippen molar-refractivity contribution in [1.82, 2.24) is 0 Å². The third kappa shape index (κ3) is 2.80. The summed E-state index contributed by atoms with van der Waals surface area (Å²) < 4.78 is 10.5. The van der Waals surface area contributed by atoms with E-state index >= 15 is 0 Å². The van der Waals surface area contributed by atoms with Crippen molar-refractivity contribution in [3.8, 4) is 5.75 Å². The average Bonchev–Trinajstić information content (AvgIpc) is 2.93. The van der Waals surface area contributed by atoms with Crippen LogP contribution in [0.2, 0.25) is 0 Å². The lowest BCUT2D eigenvalue weighted by Gasteiger charge is -2.13. The fourth-order valence-electron chi connectivity index (χ4n) is 1.94. The van der Waals surface area contributed by atoms with Crippen LogP contribution in [0.4, 0.5) is 5.69 Å². The Hall–Kier alpha value is -1.59. The molecule has 98 valence electrons. The fourth-order valence-corrected chi connectivity index (χ4v) is 1.94. The third-order valence-electron chi connectivity index (χ3n) is 3.06. The minimum Gasteiger partial charge on any atom is -0.495 e. The first-order chi connectivity index (χ1) is 8.74. The van der Waals surface area contributed by atoms with Crippen LogP contribution in [-0.2, 0) is 16.1 Å². The van der Waals surface area contributed by atoms with Gasteiger partial charge in [0.15, 0.2) is 0 Å².